The third-order valence-electron chi connectivity index (χ3n) is 3.77. The lowest BCUT2D eigenvalue weighted by Crippen LogP contribution is -2.42. The average molecular weight is 202 g/mol. The van der Waals surface area contributed by atoms with Crippen molar-refractivity contribution in [3.05, 3.63) is 47.5 Å². The van der Waals surface area contributed by atoms with Crippen molar-refractivity contribution in [1.29, 1.82) is 0 Å². The van der Waals surface area contributed by atoms with Crippen LogP contribution in [-0.4, -0.2) is 10.7 Å². The highest BCUT2D eigenvalue weighted by atomic mass is 16.3. The van der Waals surface area contributed by atoms with Crippen molar-refractivity contribution in [3.63, 3.8) is 0 Å². The van der Waals surface area contributed by atoms with Gasteiger partial charge in [0.1, 0.15) is 0 Å². The van der Waals surface area contributed by atoms with E-state index in [1.165, 1.54) is 11.1 Å². The summed E-state index contributed by atoms with van der Waals surface area (Å²) in [6.45, 7) is 6.09. The van der Waals surface area contributed by atoms with E-state index in [-0.39, 0.29) is 5.41 Å². The summed E-state index contributed by atoms with van der Waals surface area (Å²) in [6, 6.07) is 8.46. The molecule has 2 unspecified atom stereocenters. The molecule has 0 spiro atoms. The molecule has 0 aliphatic heterocycles. The minimum Gasteiger partial charge on any atom is -0.385 e. The van der Waals surface area contributed by atoms with Gasteiger partial charge < -0.3 is 5.11 Å². The summed E-state index contributed by atoms with van der Waals surface area (Å²) in [5.74, 6) is 0. The van der Waals surface area contributed by atoms with E-state index in [1.807, 2.05) is 13.0 Å². The molecule has 15 heavy (non-hydrogen) atoms. The lowest BCUT2D eigenvalue weighted by molar-refractivity contribution is 0.0415. The fourth-order valence-electron chi connectivity index (χ4n) is 2.25. The van der Waals surface area contributed by atoms with E-state index in [0.717, 1.165) is 6.42 Å². The lowest BCUT2D eigenvalue weighted by Gasteiger charge is -2.37. The Morgan fingerprint density at radius 2 is 1.73 bits per heavy atom. The highest BCUT2D eigenvalue weighted by molar-refractivity contribution is 5.37. The van der Waals surface area contributed by atoms with Crippen molar-refractivity contribution < 1.29 is 5.11 Å². The lowest BCUT2D eigenvalue weighted by atomic mass is 9.71. The van der Waals surface area contributed by atoms with Crippen LogP contribution in [0.5, 0.6) is 0 Å². The maximum atomic E-state index is 10.3. The van der Waals surface area contributed by atoms with Gasteiger partial charge in [-0.2, -0.15) is 0 Å². The predicted molar refractivity (Wildman–Crippen MR) is 62.9 cm³/mol. The van der Waals surface area contributed by atoms with Gasteiger partial charge in [-0.3, -0.25) is 0 Å². The second kappa shape index (κ2) is 3.21. The van der Waals surface area contributed by atoms with Gasteiger partial charge >= 0.3 is 0 Å². The van der Waals surface area contributed by atoms with E-state index >= 15 is 0 Å². The monoisotopic (exact) mass is 202 g/mol. The first-order chi connectivity index (χ1) is 6.96. The molecule has 0 amide bonds. The molecular weight excluding hydrogens is 184 g/mol. The number of hydrogen-bond donors (Lipinski definition) is 1. The molecule has 1 N–H and O–H groups in total. The summed E-state index contributed by atoms with van der Waals surface area (Å²) in [4.78, 5) is 0. The van der Waals surface area contributed by atoms with Gasteiger partial charge in [-0.25, -0.2) is 0 Å². The van der Waals surface area contributed by atoms with E-state index in [2.05, 4.69) is 44.2 Å². The van der Waals surface area contributed by atoms with E-state index in [4.69, 9.17) is 0 Å². The second-order valence-electron chi connectivity index (χ2n) is 4.95. The van der Waals surface area contributed by atoms with Crippen LogP contribution in [-0.2, 0) is 5.41 Å². The quantitative estimate of drug-likeness (QED) is 0.694. The Balaban J connectivity index is 2.43. The molecular formula is C14H18O. The zero-order chi connectivity index (χ0) is 11.1. The molecule has 1 aliphatic carbocycles. The Labute approximate surface area is 91.4 Å². The molecule has 0 saturated heterocycles. The molecule has 0 fully saturated rings. The summed E-state index contributed by atoms with van der Waals surface area (Å²) in [6.07, 6.45) is 4.88. The Morgan fingerprint density at radius 3 is 2.20 bits per heavy atom. The number of hydrogen-bond acceptors (Lipinski definition) is 1. The van der Waals surface area contributed by atoms with Gasteiger partial charge in [-0.1, -0.05) is 48.9 Å². The molecule has 1 aromatic carbocycles. The van der Waals surface area contributed by atoms with E-state index in [1.54, 1.807) is 0 Å². The average Bonchev–Trinajstić information content (AvgIpc) is 2.43. The topological polar surface area (TPSA) is 20.2 Å². The number of aryl methyl sites for hydroxylation is 1. The van der Waals surface area contributed by atoms with Crippen LogP contribution in [0.1, 0.15) is 31.4 Å². The molecule has 1 nitrogen and oxygen atoms in total. The summed E-state index contributed by atoms with van der Waals surface area (Å²) in [5, 5.41) is 10.3. The van der Waals surface area contributed by atoms with Crippen molar-refractivity contribution >= 4 is 0 Å². The van der Waals surface area contributed by atoms with Gasteiger partial charge in [-0.05, 0) is 25.8 Å². The summed E-state index contributed by atoms with van der Waals surface area (Å²) >= 11 is 0. The predicted octanol–water partition coefficient (Wildman–Crippen LogP) is 2.96. The number of benzene rings is 1. The molecule has 0 bridgehead atoms. The molecule has 2 atom stereocenters. The Bertz CT molecular complexity index is 386. The first kappa shape index (κ1) is 10.4. The minimum absolute atomic E-state index is 0.180. The number of aliphatic hydroxyl groups is 1. The molecule has 0 heterocycles. The first-order valence-corrected chi connectivity index (χ1v) is 5.43. The highest BCUT2D eigenvalue weighted by Gasteiger charge is 2.45. The standard InChI is InChI=1S/C14H18O/c1-11-5-7-12(8-6-11)13(2)9-4-10-14(13,3)15/h4-8,10,15H,9H2,1-3H3. The van der Waals surface area contributed by atoms with Gasteiger partial charge in [0.15, 0.2) is 0 Å². The summed E-state index contributed by atoms with van der Waals surface area (Å²) in [5.41, 5.74) is 1.55. The van der Waals surface area contributed by atoms with Gasteiger partial charge in [0, 0.05) is 5.41 Å². The molecule has 0 radical (unpaired) electrons. The van der Waals surface area contributed by atoms with Crippen LogP contribution in [0, 0.1) is 6.92 Å². The molecule has 1 aromatic rings. The Kier molecular flexibility index (Phi) is 2.23. The minimum atomic E-state index is -0.734. The van der Waals surface area contributed by atoms with Crippen molar-refractivity contribution in [2.24, 2.45) is 0 Å². The van der Waals surface area contributed by atoms with Crippen LogP contribution in [0.3, 0.4) is 0 Å². The van der Waals surface area contributed by atoms with Crippen LogP contribution in [0.25, 0.3) is 0 Å². The normalized spacial score (nSPS) is 34.7. The van der Waals surface area contributed by atoms with E-state index in [9.17, 15) is 5.11 Å². The first-order valence-electron chi connectivity index (χ1n) is 5.43. The fourth-order valence-corrected chi connectivity index (χ4v) is 2.25. The molecule has 1 aliphatic rings. The van der Waals surface area contributed by atoms with Crippen LogP contribution < -0.4 is 0 Å². The van der Waals surface area contributed by atoms with Crippen molar-refractivity contribution in [2.45, 2.75) is 38.2 Å². The molecule has 1 heteroatoms. The van der Waals surface area contributed by atoms with Crippen LogP contribution >= 0.6 is 0 Å². The van der Waals surface area contributed by atoms with E-state index in [0.29, 0.717) is 0 Å². The van der Waals surface area contributed by atoms with Gasteiger partial charge in [0.2, 0.25) is 0 Å². The smallest absolute Gasteiger partial charge is 0.0896 e. The highest BCUT2D eigenvalue weighted by Crippen LogP contribution is 2.43. The number of rotatable bonds is 1. The van der Waals surface area contributed by atoms with Gasteiger partial charge in [0.05, 0.1) is 5.60 Å². The van der Waals surface area contributed by atoms with E-state index < -0.39 is 5.60 Å². The zero-order valence-electron chi connectivity index (χ0n) is 9.62. The van der Waals surface area contributed by atoms with Crippen LogP contribution in [0.4, 0.5) is 0 Å². The SMILES string of the molecule is Cc1ccc(C2(C)CC=CC2(C)O)cc1. The molecule has 2 rings (SSSR count). The molecule has 80 valence electrons. The number of allylic oxidation sites excluding steroid dienone is 1. The third kappa shape index (κ3) is 1.51. The third-order valence-corrected chi connectivity index (χ3v) is 3.77. The Morgan fingerprint density at radius 1 is 1.13 bits per heavy atom. The van der Waals surface area contributed by atoms with Crippen LogP contribution in [0.15, 0.2) is 36.4 Å². The Hall–Kier alpha value is -1.08. The molecule has 0 saturated carbocycles. The largest absolute Gasteiger partial charge is 0.385 e. The van der Waals surface area contributed by atoms with Crippen molar-refractivity contribution in [1.82, 2.24) is 0 Å². The van der Waals surface area contributed by atoms with Crippen molar-refractivity contribution in [3.8, 4) is 0 Å². The summed E-state index contributed by atoms with van der Waals surface area (Å²) < 4.78 is 0. The fraction of sp³-hybridized carbons (Fsp3) is 0.429. The molecule has 0 aromatic heterocycles. The van der Waals surface area contributed by atoms with Crippen molar-refractivity contribution in [2.75, 3.05) is 0 Å². The van der Waals surface area contributed by atoms with Gasteiger partial charge in [0.25, 0.3) is 0 Å². The maximum absolute atomic E-state index is 10.3. The second-order valence-corrected chi connectivity index (χ2v) is 4.95. The van der Waals surface area contributed by atoms with Gasteiger partial charge in [-0.15, -0.1) is 0 Å². The maximum Gasteiger partial charge on any atom is 0.0896 e. The van der Waals surface area contributed by atoms with Crippen LogP contribution in [0.2, 0.25) is 0 Å². The zero-order valence-corrected chi connectivity index (χ0v) is 9.62. The summed E-state index contributed by atoms with van der Waals surface area (Å²) in [7, 11) is 0.